The molecule has 0 amide bonds. The smallest absolute Gasteiger partial charge is 0.449 e. The van der Waals surface area contributed by atoms with Gasteiger partial charge in [0.2, 0.25) is 0 Å². The highest BCUT2D eigenvalue weighted by molar-refractivity contribution is 6.31. The van der Waals surface area contributed by atoms with Crippen LogP contribution in [0, 0.1) is 5.82 Å². The first-order chi connectivity index (χ1) is 17.2. The van der Waals surface area contributed by atoms with Crippen molar-refractivity contribution in [3.63, 3.8) is 0 Å². The van der Waals surface area contributed by atoms with Gasteiger partial charge in [-0.2, -0.15) is 13.2 Å². The van der Waals surface area contributed by atoms with Gasteiger partial charge in [0.05, 0.1) is 5.52 Å². The number of rotatable bonds is 5. The number of carboxylic acid groups (broad SMARTS) is 1. The van der Waals surface area contributed by atoms with Crippen molar-refractivity contribution in [1.82, 2.24) is 4.57 Å². The monoisotopic (exact) mass is 539 g/mol. The number of alkyl halides is 3. The highest BCUT2D eigenvalue weighted by Gasteiger charge is 2.59. The first kappa shape index (κ1) is 26.2. The minimum Gasteiger partial charge on any atom is -0.449 e. The molecule has 0 fully saturated rings. The summed E-state index contributed by atoms with van der Waals surface area (Å²) >= 11 is 6.35. The second kappa shape index (κ2) is 9.24. The van der Waals surface area contributed by atoms with Gasteiger partial charge in [0.15, 0.2) is 22.8 Å². The summed E-state index contributed by atoms with van der Waals surface area (Å²) in [4.78, 5) is 22.4. The van der Waals surface area contributed by atoms with E-state index in [1.54, 1.807) is 0 Å². The molecular weight excluding hydrogens is 522 g/mol. The zero-order valence-corrected chi connectivity index (χ0v) is 19.9. The van der Waals surface area contributed by atoms with Gasteiger partial charge in [0, 0.05) is 18.0 Å². The van der Waals surface area contributed by atoms with Gasteiger partial charge in [-0.1, -0.05) is 42.8 Å². The van der Waals surface area contributed by atoms with Gasteiger partial charge >= 0.3 is 18.1 Å². The zero-order valence-electron chi connectivity index (χ0n) is 19.1. The number of aryl methyl sites for hydroxylation is 1. The molecule has 37 heavy (non-hydrogen) atoms. The molecular formula is C25H18ClF4NO6. The number of aliphatic hydroxyl groups is 1. The Bertz CT molecular complexity index is 1580. The topological polar surface area (TPSA) is 102 Å². The molecule has 194 valence electrons. The van der Waals surface area contributed by atoms with Crippen LogP contribution in [0.4, 0.5) is 22.4 Å². The van der Waals surface area contributed by atoms with Crippen LogP contribution in [0.15, 0.2) is 63.8 Å². The van der Waals surface area contributed by atoms with Crippen molar-refractivity contribution in [2.24, 2.45) is 7.05 Å². The molecule has 0 unspecified atom stereocenters. The fraction of sp³-hybridized carbons (Fsp3) is 0.200. The third-order valence-electron chi connectivity index (χ3n) is 6.22. The summed E-state index contributed by atoms with van der Waals surface area (Å²) in [6.07, 6.45) is -6.84. The molecule has 0 aliphatic heterocycles. The molecule has 7 nitrogen and oxygen atoms in total. The highest BCUT2D eigenvalue weighted by atomic mass is 35.5. The third-order valence-corrected chi connectivity index (χ3v) is 6.55. The van der Waals surface area contributed by atoms with Crippen molar-refractivity contribution in [1.29, 1.82) is 0 Å². The maximum atomic E-state index is 14.4. The first-order valence-electron chi connectivity index (χ1n) is 10.6. The summed E-state index contributed by atoms with van der Waals surface area (Å²) in [5, 5.41) is 19.6. The summed E-state index contributed by atoms with van der Waals surface area (Å²) < 4.78 is 67.7. The minimum absolute atomic E-state index is 0.0438. The number of benzene rings is 3. The van der Waals surface area contributed by atoms with Crippen LogP contribution in [0.3, 0.4) is 0 Å². The molecule has 2 atom stereocenters. The molecule has 0 radical (unpaired) electrons. The minimum atomic E-state index is -5.15. The van der Waals surface area contributed by atoms with Crippen LogP contribution < -0.4 is 10.5 Å². The Kier molecular flexibility index (Phi) is 6.55. The van der Waals surface area contributed by atoms with E-state index in [0.29, 0.717) is 5.56 Å². The molecule has 4 rings (SSSR count). The highest BCUT2D eigenvalue weighted by Crippen LogP contribution is 2.50. The largest absolute Gasteiger partial charge is 0.511 e. The van der Waals surface area contributed by atoms with Gasteiger partial charge in [-0.25, -0.2) is 14.0 Å². The van der Waals surface area contributed by atoms with Gasteiger partial charge in [-0.05, 0) is 52.6 Å². The van der Waals surface area contributed by atoms with E-state index in [2.05, 4.69) is 4.74 Å². The molecule has 0 saturated carbocycles. The second-order valence-corrected chi connectivity index (χ2v) is 8.75. The Hall–Kier alpha value is -3.83. The summed E-state index contributed by atoms with van der Waals surface area (Å²) in [6, 6.07) is 10.7. The lowest BCUT2D eigenvalue weighted by Gasteiger charge is -2.37. The molecule has 4 aromatic rings. The molecule has 1 heterocycles. The van der Waals surface area contributed by atoms with Crippen LogP contribution in [0.1, 0.15) is 24.0 Å². The van der Waals surface area contributed by atoms with Crippen molar-refractivity contribution in [2.75, 3.05) is 0 Å². The second-order valence-electron chi connectivity index (χ2n) is 8.34. The summed E-state index contributed by atoms with van der Waals surface area (Å²) in [6.45, 7) is 1.16. The van der Waals surface area contributed by atoms with E-state index < -0.39 is 46.7 Å². The quantitative estimate of drug-likeness (QED) is 0.178. The molecule has 0 bridgehead atoms. The molecule has 1 aromatic heterocycles. The van der Waals surface area contributed by atoms with Crippen molar-refractivity contribution in [3.8, 4) is 16.9 Å². The Morgan fingerprint density at radius 2 is 1.73 bits per heavy atom. The molecule has 0 aliphatic carbocycles. The lowest BCUT2D eigenvalue weighted by Crippen LogP contribution is -2.46. The number of hydrogen-bond donors (Lipinski definition) is 2. The van der Waals surface area contributed by atoms with E-state index in [1.807, 2.05) is 0 Å². The molecule has 0 saturated heterocycles. The first-order valence-corrected chi connectivity index (χ1v) is 11.0. The van der Waals surface area contributed by atoms with Crippen molar-refractivity contribution >= 4 is 28.9 Å². The molecule has 12 heteroatoms. The summed E-state index contributed by atoms with van der Waals surface area (Å²) in [7, 11) is 1.33. The number of halogens is 5. The standard InChI is InChI=1S/C25H18ClF4NO6/c1-12(24(35,25(28,29)30)15-5-8-21-19(11-15)31(2)22(32)36-21)16-6-3-13(9-17(16)26)14-4-7-20(18(27)10-14)37-23(33)34/h3-12,35H,1-2H3,(H,33,34)/t12-,24-/m0/s1. The SMILES string of the molecule is C[C@@H](c1ccc(-c2ccc(OC(=O)O)c(F)c2)cc1Cl)[C@](O)(c1ccc2oc(=O)n(C)c2c1)C(F)(F)F. The van der Waals surface area contributed by atoms with E-state index >= 15 is 0 Å². The average molecular weight is 540 g/mol. The molecule has 0 spiro atoms. The molecule has 3 aromatic carbocycles. The maximum absolute atomic E-state index is 14.4. The lowest BCUT2D eigenvalue weighted by atomic mass is 9.77. The number of nitrogens with zero attached hydrogens (tertiary/aromatic N) is 1. The van der Waals surface area contributed by atoms with Crippen LogP contribution >= 0.6 is 11.6 Å². The third kappa shape index (κ3) is 4.56. The maximum Gasteiger partial charge on any atom is 0.511 e. The van der Waals surface area contributed by atoms with Gasteiger partial charge in [0.25, 0.3) is 0 Å². The number of ether oxygens (including phenoxy) is 1. The molecule has 0 aliphatic rings. The number of hydrogen-bond acceptors (Lipinski definition) is 5. The van der Waals surface area contributed by atoms with E-state index in [0.717, 1.165) is 35.8 Å². The van der Waals surface area contributed by atoms with Crippen LogP contribution in [-0.4, -0.2) is 27.1 Å². The lowest BCUT2D eigenvalue weighted by molar-refractivity contribution is -0.274. The fourth-order valence-electron chi connectivity index (χ4n) is 4.16. The predicted octanol–water partition coefficient (Wildman–Crippen LogP) is 6.20. The van der Waals surface area contributed by atoms with Crippen LogP contribution in [0.5, 0.6) is 5.75 Å². The van der Waals surface area contributed by atoms with E-state index in [1.165, 1.54) is 37.4 Å². The van der Waals surface area contributed by atoms with Gasteiger partial charge in [0.1, 0.15) is 0 Å². The van der Waals surface area contributed by atoms with E-state index in [4.69, 9.17) is 21.1 Å². The van der Waals surface area contributed by atoms with E-state index in [-0.39, 0.29) is 27.2 Å². The van der Waals surface area contributed by atoms with Crippen molar-refractivity contribution < 1.29 is 41.7 Å². The Morgan fingerprint density at radius 1 is 1.08 bits per heavy atom. The van der Waals surface area contributed by atoms with Crippen molar-refractivity contribution in [3.05, 3.63) is 87.1 Å². The van der Waals surface area contributed by atoms with Crippen LogP contribution in [0.25, 0.3) is 22.2 Å². The Morgan fingerprint density at radius 3 is 2.32 bits per heavy atom. The van der Waals surface area contributed by atoms with Crippen molar-refractivity contribution in [2.45, 2.75) is 24.6 Å². The Labute approximate surface area is 211 Å². The molecule has 2 N–H and O–H groups in total. The summed E-state index contributed by atoms with van der Waals surface area (Å²) in [5.74, 6) is -3.87. The van der Waals surface area contributed by atoms with Gasteiger partial charge in [-0.3, -0.25) is 4.57 Å². The summed E-state index contributed by atoms with van der Waals surface area (Å²) in [5.41, 5.74) is -3.26. The predicted molar refractivity (Wildman–Crippen MR) is 125 cm³/mol. The number of aromatic nitrogens is 1. The zero-order chi connectivity index (χ0) is 27.3. The number of oxazole rings is 1. The van der Waals surface area contributed by atoms with Gasteiger partial charge < -0.3 is 19.4 Å². The number of carbonyl (C=O) groups is 1. The number of fused-ring (bicyclic) bond motifs is 1. The van der Waals surface area contributed by atoms with Crippen LogP contribution in [0.2, 0.25) is 5.02 Å². The van der Waals surface area contributed by atoms with E-state index in [9.17, 15) is 32.3 Å². The van der Waals surface area contributed by atoms with Gasteiger partial charge in [-0.15, -0.1) is 0 Å². The normalized spacial score (nSPS) is 14.4. The Balaban J connectivity index is 1.76. The fourth-order valence-corrected chi connectivity index (χ4v) is 4.51. The average Bonchev–Trinajstić information content (AvgIpc) is 3.11. The van der Waals surface area contributed by atoms with Crippen LogP contribution in [-0.2, 0) is 12.6 Å².